The highest BCUT2D eigenvalue weighted by molar-refractivity contribution is 5.77. The number of ether oxygens (including phenoxy) is 1. The summed E-state index contributed by atoms with van der Waals surface area (Å²) in [7, 11) is 0. The molecular formula is C18H18FN3O2. The lowest BCUT2D eigenvalue weighted by molar-refractivity contribution is -0.123. The zero-order valence-corrected chi connectivity index (χ0v) is 13.1. The van der Waals surface area contributed by atoms with Gasteiger partial charge in [0.1, 0.15) is 5.65 Å². The van der Waals surface area contributed by atoms with Gasteiger partial charge in [-0.25, -0.2) is 9.37 Å². The number of nitrogens with one attached hydrogen (secondary N) is 1. The van der Waals surface area contributed by atoms with E-state index in [1.807, 2.05) is 24.4 Å². The molecule has 6 heteroatoms. The largest absolute Gasteiger partial charge is 0.481 e. The van der Waals surface area contributed by atoms with Gasteiger partial charge in [-0.3, -0.25) is 4.79 Å². The van der Waals surface area contributed by atoms with Gasteiger partial charge in [-0.05, 0) is 36.8 Å². The number of halogens is 1. The van der Waals surface area contributed by atoms with Crippen molar-refractivity contribution >= 4 is 16.9 Å². The Balaban J connectivity index is 1.40. The van der Waals surface area contributed by atoms with Crippen LogP contribution in [0.15, 0.2) is 54.9 Å². The lowest BCUT2D eigenvalue weighted by Gasteiger charge is -2.08. The minimum Gasteiger partial charge on any atom is -0.481 e. The molecule has 0 aliphatic carbocycles. The summed E-state index contributed by atoms with van der Waals surface area (Å²) in [6.07, 6.45) is 4.52. The minimum absolute atomic E-state index is 0.0811. The maximum atomic E-state index is 13.4. The van der Waals surface area contributed by atoms with Gasteiger partial charge in [0, 0.05) is 30.9 Å². The lowest BCUT2D eigenvalue weighted by atomic mass is 10.3. The molecule has 124 valence electrons. The van der Waals surface area contributed by atoms with Gasteiger partial charge in [-0.15, -0.1) is 0 Å². The van der Waals surface area contributed by atoms with Gasteiger partial charge in [0.2, 0.25) is 0 Å². The number of hydrogen-bond acceptors (Lipinski definition) is 3. The summed E-state index contributed by atoms with van der Waals surface area (Å²) >= 11 is 0. The standard InChI is InChI=1S/C18H18FN3O2/c19-15-6-1-2-7-16(15)24-13-17(23)20-10-4-11-22-12-8-14-5-3-9-21-18(14)22/h1-3,5-9,12H,4,10-11,13H2,(H,20,23). The molecule has 0 saturated carbocycles. The molecule has 1 N–H and O–H groups in total. The van der Waals surface area contributed by atoms with Crippen LogP contribution in [-0.2, 0) is 11.3 Å². The van der Waals surface area contributed by atoms with Gasteiger partial charge in [-0.2, -0.15) is 0 Å². The first-order valence-corrected chi connectivity index (χ1v) is 7.78. The molecule has 0 aliphatic rings. The van der Waals surface area contributed by atoms with E-state index in [-0.39, 0.29) is 18.3 Å². The number of nitrogens with zero attached hydrogens (tertiary/aromatic N) is 2. The van der Waals surface area contributed by atoms with Crippen molar-refractivity contribution in [2.45, 2.75) is 13.0 Å². The summed E-state index contributed by atoms with van der Waals surface area (Å²) in [6, 6.07) is 12.0. The summed E-state index contributed by atoms with van der Waals surface area (Å²) < 4.78 is 20.6. The average molecular weight is 327 g/mol. The molecule has 3 aromatic rings. The number of carbonyl (C=O) groups excluding carboxylic acids is 1. The Bertz CT molecular complexity index is 832. The number of rotatable bonds is 7. The first-order valence-electron chi connectivity index (χ1n) is 7.78. The SMILES string of the molecule is O=C(COc1ccccc1F)NCCCn1ccc2cccnc21. The molecule has 0 fully saturated rings. The van der Waals surface area contributed by atoms with Crippen LogP contribution in [0, 0.1) is 5.82 Å². The smallest absolute Gasteiger partial charge is 0.257 e. The van der Waals surface area contributed by atoms with Crippen LogP contribution in [0.5, 0.6) is 5.75 Å². The number of hydrogen-bond donors (Lipinski definition) is 1. The van der Waals surface area contributed by atoms with Gasteiger partial charge in [0.15, 0.2) is 18.2 Å². The van der Waals surface area contributed by atoms with E-state index in [2.05, 4.69) is 14.9 Å². The Morgan fingerprint density at radius 3 is 2.96 bits per heavy atom. The predicted molar refractivity (Wildman–Crippen MR) is 89.3 cm³/mol. The van der Waals surface area contributed by atoms with Crippen LogP contribution in [0.4, 0.5) is 4.39 Å². The van der Waals surface area contributed by atoms with Crippen molar-refractivity contribution in [2.24, 2.45) is 0 Å². The van der Waals surface area contributed by atoms with E-state index >= 15 is 0 Å². The van der Waals surface area contributed by atoms with E-state index in [9.17, 15) is 9.18 Å². The third-order valence-electron chi connectivity index (χ3n) is 3.62. The van der Waals surface area contributed by atoms with Crippen molar-refractivity contribution in [1.29, 1.82) is 0 Å². The highest BCUT2D eigenvalue weighted by atomic mass is 19.1. The monoisotopic (exact) mass is 327 g/mol. The number of aromatic nitrogens is 2. The molecule has 0 saturated heterocycles. The molecule has 0 unspecified atom stereocenters. The van der Waals surface area contributed by atoms with Gasteiger partial charge >= 0.3 is 0 Å². The number of benzene rings is 1. The van der Waals surface area contributed by atoms with E-state index in [0.717, 1.165) is 24.0 Å². The Hall–Kier alpha value is -2.89. The van der Waals surface area contributed by atoms with Crippen LogP contribution < -0.4 is 10.1 Å². The van der Waals surface area contributed by atoms with Crippen LogP contribution in [0.2, 0.25) is 0 Å². The van der Waals surface area contributed by atoms with E-state index < -0.39 is 5.82 Å². The molecule has 2 heterocycles. The molecule has 2 aromatic heterocycles. The van der Waals surface area contributed by atoms with Gasteiger partial charge in [0.05, 0.1) is 0 Å². The number of fused-ring (bicyclic) bond motifs is 1. The van der Waals surface area contributed by atoms with Crippen LogP contribution in [-0.4, -0.2) is 28.6 Å². The Labute approximate surface area is 139 Å². The number of aryl methyl sites for hydroxylation is 1. The van der Waals surface area contributed by atoms with Crippen molar-refractivity contribution in [1.82, 2.24) is 14.9 Å². The predicted octanol–water partition coefficient (Wildman–Crippen LogP) is 2.76. The molecule has 0 bridgehead atoms. The van der Waals surface area contributed by atoms with E-state index in [0.29, 0.717) is 6.54 Å². The number of para-hydroxylation sites is 1. The summed E-state index contributed by atoms with van der Waals surface area (Å²) in [4.78, 5) is 16.1. The highest BCUT2D eigenvalue weighted by Gasteiger charge is 2.06. The lowest BCUT2D eigenvalue weighted by Crippen LogP contribution is -2.30. The second kappa shape index (κ2) is 7.59. The van der Waals surface area contributed by atoms with E-state index in [1.54, 1.807) is 18.3 Å². The first-order chi connectivity index (χ1) is 11.7. The van der Waals surface area contributed by atoms with E-state index in [4.69, 9.17) is 4.74 Å². The molecule has 0 aliphatic heterocycles. The van der Waals surface area contributed by atoms with Gasteiger partial charge in [0.25, 0.3) is 5.91 Å². The summed E-state index contributed by atoms with van der Waals surface area (Å²) in [5.74, 6) is -0.663. The van der Waals surface area contributed by atoms with Crippen molar-refractivity contribution in [3.63, 3.8) is 0 Å². The summed E-state index contributed by atoms with van der Waals surface area (Å²) in [5.41, 5.74) is 0.937. The van der Waals surface area contributed by atoms with Crippen molar-refractivity contribution in [3.05, 3.63) is 60.7 Å². The minimum atomic E-state index is -0.475. The average Bonchev–Trinajstić information content (AvgIpc) is 3.01. The Morgan fingerprint density at radius 2 is 2.08 bits per heavy atom. The molecule has 3 rings (SSSR count). The molecule has 24 heavy (non-hydrogen) atoms. The number of pyridine rings is 1. The third kappa shape index (κ3) is 3.90. The third-order valence-corrected chi connectivity index (χ3v) is 3.62. The molecule has 5 nitrogen and oxygen atoms in total. The van der Waals surface area contributed by atoms with Crippen molar-refractivity contribution in [2.75, 3.05) is 13.2 Å². The summed E-state index contributed by atoms with van der Waals surface area (Å²) in [5, 5.41) is 3.86. The maximum absolute atomic E-state index is 13.4. The highest BCUT2D eigenvalue weighted by Crippen LogP contribution is 2.15. The zero-order valence-electron chi connectivity index (χ0n) is 13.1. The second-order valence-electron chi connectivity index (χ2n) is 5.35. The van der Waals surface area contributed by atoms with Gasteiger partial charge in [-0.1, -0.05) is 12.1 Å². The normalized spacial score (nSPS) is 10.7. The van der Waals surface area contributed by atoms with Gasteiger partial charge < -0.3 is 14.6 Å². The fourth-order valence-electron chi connectivity index (χ4n) is 2.43. The molecule has 0 spiro atoms. The maximum Gasteiger partial charge on any atom is 0.257 e. The number of carbonyl (C=O) groups is 1. The first kappa shape index (κ1) is 16.0. The second-order valence-corrected chi connectivity index (χ2v) is 5.35. The van der Waals surface area contributed by atoms with E-state index in [1.165, 1.54) is 12.1 Å². The van der Waals surface area contributed by atoms with Crippen LogP contribution >= 0.6 is 0 Å². The van der Waals surface area contributed by atoms with Crippen LogP contribution in [0.3, 0.4) is 0 Å². The quantitative estimate of drug-likeness (QED) is 0.679. The summed E-state index contributed by atoms with van der Waals surface area (Å²) in [6.45, 7) is 1.08. The molecule has 1 aromatic carbocycles. The molecule has 0 radical (unpaired) electrons. The molecule has 0 atom stereocenters. The Morgan fingerprint density at radius 1 is 1.21 bits per heavy atom. The van der Waals surface area contributed by atoms with Crippen molar-refractivity contribution in [3.8, 4) is 5.75 Å². The molecule has 1 amide bonds. The number of amides is 1. The topological polar surface area (TPSA) is 56.1 Å². The zero-order chi connectivity index (χ0) is 16.8. The Kier molecular flexibility index (Phi) is 5.05. The fraction of sp³-hybridized carbons (Fsp3) is 0.222. The van der Waals surface area contributed by atoms with Crippen molar-refractivity contribution < 1.29 is 13.9 Å². The molecular weight excluding hydrogens is 309 g/mol. The van der Waals surface area contributed by atoms with Crippen LogP contribution in [0.25, 0.3) is 11.0 Å². The van der Waals surface area contributed by atoms with Crippen LogP contribution in [0.1, 0.15) is 6.42 Å². The fourth-order valence-corrected chi connectivity index (χ4v) is 2.43.